The van der Waals surface area contributed by atoms with Gasteiger partial charge in [0.1, 0.15) is 5.75 Å². The summed E-state index contributed by atoms with van der Waals surface area (Å²) < 4.78 is 5.64. The van der Waals surface area contributed by atoms with Crippen LogP contribution in [0.3, 0.4) is 0 Å². The van der Waals surface area contributed by atoms with Gasteiger partial charge in [-0.05, 0) is 56.3 Å². The Kier molecular flexibility index (Phi) is 3.06. The summed E-state index contributed by atoms with van der Waals surface area (Å²) in [5, 5.41) is 8.43. The quantitative estimate of drug-likeness (QED) is 0.713. The van der Waals surface area contributed by atoms with E-state index in [4.69, 9.17) is 10.5 Å². The van der Waals surface area contributed by atoms with Crippen LogP contribution in [0.5, 0.6) is 5.75 Å². The number of rotatable bonds is 3. The van der Waals surface area contributed by atoms with Gasteiger partial charge in [-0.1, -0.05) is 0 Å². The number of nitrogens with zero attached hydrogens (tertiary/aromatic N) is 1. The molecule has 4 nitrogen and oxygen atoms in total. The van der Waals surface area contributed by atoms with Crippen molar-refractivity contribution in [2.75, 3.05) is 5.73 Å². The van der Waals surface area contributed by atoms with Crippen molar-refractivity contribution in [3.05, 3.63) is 42.5 Å². The third-order valence-corrected chi connectivity index (χ3v) is 3.09. The molecular weight excluding hydrogens is 250 g/mol. The van der Waals surface area contributed by atoms with Gasteiger partial charge in [0.25, 0.3) is 0 Å². The van der Waals surface area contributed by atoms with Crippen LogP contribution in [0.1, 0.15) is 13.8 Å². The molecule has 3 aromatic rings. The third kappa shape index (κ3) is 2.32. The molecule has 0 spiro atoms. The lowest BCUT2D eigenvalue weighted by Crippen LogP contribution is -2.05. The molecular formula is C16H17N3O. The SMILES string of the molecule is CC(C)Oc1ccc(-c2n[nH]c3ccc(N)cc23)cc1. The predicted molar refractivity (Wildman–Crippen MR) is 81.7 cm³/mol. The predicted octanol–water partition coefficient (Wildman–Crippen LogP) is 3.60. The van der Waals surface area contributed by atoms with Crippen LogP contribution in [0, 0.1) is 0 Å². The molecule has 3 N–H and O–H groups in total. The van der Waals surface area contributed by atoms with Crippen molar-refractivity contribution in [1.82, 2.24) is 10.2 Å². The summed E-state index contributed by atoms with van der Waals surface area (Å²) >= 11 is 0. The summed E-state index contributed by atoms with van der Waals surface area (Å²) in [5.41, 5.74) is 9.51. The van der Waals surface area contributed by atoms with E-state index in [9.17, 15) is 0 Å². The van der Waals surface area contributed by atoms with Gasteiger partial charge in [0.05, 0.1) is 17.3 Å². The zero-order chi connectivity index (χ0) is 14.1. The van der Waals surface area contributed by atoms with Gasteiger partial charge in [0, 0.05) is 16.6 Å². The van der Waals surface area contributed by atoms with E-state index in [1.165, 1.54) is 0 Å². The van der Waals surface area contributed by atoms with E-state index in [2.05, 4.69) is 10.2 Å². The third-order valence-electron chi connectivity index (χ3n) is 3.09. The van der Waals surface area contributed by atoms with Gasteiger partial charge >= 0.3 is 0 Å². The van der Waals surface area contributed by atoms with Crippen LogP contribution in [0.25, 0.3) is 22.2 Å². The van der Waals surface area contributed by atoms with Crippen molar-refractivity contribution >= 4 is 16.6 Å². The van der Waals surface area contributed by atoms with Crippen LogP contribution in [-0.4, -0.2) is 16.3 Å². The first kappa shape index (κ1) is 12.5. The molecule has 0 saturated heterocycles. The minimum absolute atomic E-state index is 0.173. The second-order valence-corrected chi connectivity index (χ2v) is 5.07. The molecule has 0 saturated carbocycles. The van der Waals surface area contributed by atoms with E-state index in [0.717, 1.165) is 33.6 Å². The summed E-state index contributed by atoms with van der Waals surface area (Å²) in [6, 6.07) is 13.7. The summed E-state index contributed by atoms with van der Waals surface area (Å²) in [6.45, 7) is 4.02. The first-order chi connectivity index (χ1) is 9.63. The fourth-order valence-corrected chi connectivity index (χ4v) is 2.22. The number of aromatic nitrogens is 2. The number of ether oxygens (including phenoxy) is 1. The molecule has 0 amide bonds. The molecule has 3 rings (SSSR count). The lowest BCUT2D eigenvalue weighted by atomic mass is 10.1. The van der Waals surface area contributed by atoms with Gasteiger partial charge in [-0.2, -0.15) is 5.10 Å². The summed E-state index contributed by atoms with van der Waals surface area (Å²) in [6.07, 6.45) is 0.173. The molecule has 2 aromatic carbocycles. The first-order valence-corrected chi connectivity index (χ1v) is 6.64. The topological polar surface area (TPSA) is 63.9 Å². The molecule has 0 radical (unpaired) electrons. The maximum Gasteiger partial charge on any atom is 0.119 e. The van der Waals surface area contributed by atoms with Crippen LogP contribution in [0.15, 0.2) is 42.5 Å². The van der Waals surface area contributed by atoms with E-state index in [0.29, 0.717) is 0 Å². The average molecular weight is 267 g/mol. The van der Waals surface area contributed by atoms with E-state index in [-0.39, 0.29) is 6.10 Å². The monoisotopic (exact) mass is 267 g/mol. The highest BCUT2D eigenvalue weighted by atomic mass is 16.5. The fraction of sp³-hybridized carbons (Fsp3) is 0.188. The van der Waals surface area contributed by atoms with Crippen LogP contribution >= 0.6 is 0 Å². The maximum atomic E-state index is 5.85. The number of fused-ring (bicyclic) bond motifs is 1. The normalized spacial score (nSPS) is 11.2. The highest BCUT2D eigenvalue weighted by molar-refractivity contribution is 5.94. The number of nitrogens with two attached hydrogens (primary N) is 1. The first-order valence-electron chi connectivity index (χ1n) is 6.64. The van der Waals surface area contributed by atoms with Gasteiger partial charge in [0.2, 0.25) is 0 Å². The smallest absolute Gasteiger partial charge is 0.119 e. The van der Waals surface area contributed by atoms with Crippen LogP contribution in [-0.2, 0) is 0 Å². The van der Waals surface area contributed by atoms with Crippen LogP contribution < -0.4 is 10.5 Å². The Balaban J connectivity index is 2.00. The van der Waals surface area contributed by atoms with Gasteiger partial charge in [-0.25, -0.2) is 0 Å². The molecule has 0 aliphatic heterocycles. The number of benzene rings is 2. The maximum absolute atomic E-state index is 5.85. The minimum Gasteiger partial charge on any atom is -0.491 e. The van der Waals surface area contributed by atoms with Crippen molar-refractivity contribution in [3.8, 4) is 17.0 Å². The lowest BCUT2D eigenvalue weighted by molar-refractivity contribution is 0.242. The molecule has 0 unspecified atom stereocenters. The molecule has 0 aliphatic rings. The Morgan fingerprint density at radius 2 is 1.85 bits per heavy atom. The minimum atomic E-state index is 0.173. The second kappa shape index (κ2) is 4.89. The summed E-state index contributed by atoms with van der Waals surface area (Å²) in [4.78, 5) is 0. The standard InChI is InChI=1S/C16H17N3O/c1-10(2)20-13-6-3-11(4-7-13)16-14-9-12(17)5-8-15(14)18-19-16/h3-10H,17H2,1-2H3,(H,18,19). The number of nitrogen functional groups attached to an aromatic ring is 1. The summed E-state index contributed by atoms with van der Waals surface area (Å²) in [5.74, 6) is 0.864. The zero-order valence-electron chi connectivity index (χ0n) is 11.6. The largest absolute Gasteiger partial charge is 0.491 e. The molecule has 1 aromatic heterocycles. The number of anilines is 1. The Morgan fingerprint density at radius 3 is 2.55 bits per heavy atom. The van der Waals surface area contributed by atoms with Crippen molar-refractivity contribution in [2.45, 2.75) is 20.0 Å². The van der Waals surface area contributed by atoms with Crippen molar-refractivity contribution in [1.29, 1.82) is 0 Å². The Hall–Kier alpha value is -2.49. The van der Waals surface area contributed by atoms with Crippen LogP contribution in [0.2, 0.25) is 0 Å². The van der Waals surface area contributed by atoms with Crippen molar-refractivity contribution in [3.63, 3.8) is 0 Å². The van der Waals surface area contributed by atoms with Gasteiger partial charge < -0.3 is 10.5 Å². The lowest BCUT2D eigenvalue weighted by Gasteiger charge is -2.09. The number of hydrogen-bond donors (Lipinski definition) is 2. The zero-order valence-corrected chi connectivity index (χ0v) is 11.6. The van der Waals surface area contributed by atoms with Gasteiger partial charge in [-0.15, -0.1) is 0 Å². The highest BCUT2D eigenvalue weighted by Crippen LogP contribution is 2.29. The molecule has 0 atom stereocenters. The van der Waals surface area contributed by atoms with E-state index < -0.39 is 0 Å². The molecule has 4 heteroatoms. The van der Waals surface area contributed by atoms with Crippen LogP contribution in [0.4, 0.5) is 5.69 Å². The highest BCUT2D eigenvalue weighted by Gasteiger charge is 2.08. The Bertz CT molecular complexity index is 729. The van der Waals surface area contributed by atoms with Gasteiger partial charge in [0.15, 0.2) is 0 Å². The average Bonchev–Trinajstić information content (AvgIpc) is 2.82. The second-order valence-electron chi connectivity index (χ2n) is 5.07. The number of aromatic amines is 1. The van der Waals surface area contributed by atoms with E-state index in [1.54, 1.807) is 0 Å². The van der Waals surface area contributed by atoms with Gasteiger partial charge in [-0.3, -0.25) is 5.10 Å². The molecule has 102 valence electrons. The Labute approximate surface area is 117 Å². The number of H-pyrrole nitrogens is 1. The van der Waals surface area contributed by atoms with Crippen molar-refractivity contribution < 1.29 is 4.74 Å². The fourth-order valence-electron chi connectivity index (χ4n) is 2.22. The molecule has 20 heavy (non-hydrogen) atoms. The van der Waals surface area contributed by atoms with Crippen molar-refractivity contribution in [2.24, 2.45) is 0 Å². The Morgan fingerprint density at radius 1 is 1.10 bits per heavy atom. The van der Waals surface area contributed by atoms with E-state index in [1.807, 2.05) is 56.3 Å². The number of hydrogen-bond acceptors (Lipinski definition) is 3. The van der Waals surface area contributed by atoms with E-state index >= 15 is 0 Å². The summed E-state index contributed by atoms with van der Waals surface area (Å²) in [7, 11) is 0. The molecule has 0 bridgehead atoms. The molecule has 0 fully saturated rings. The molecule has 0 aliphatic carbocycles. The molecule has 1 heterocycles. The number of nitrogens with one attached hydrogen (secondary N) is 1.